The molecule has 0 saturated carbocycles. The van der Waals surface area contributed by atoms with Gasteiger partial charge in [0, 0.05) is 23.9 Å². The van der Waals surface area contributed by atoms with Crippen LogP contribution in [0.4, 0.5) is 5.69 Å². The van der Waals surface area contributed by atoms with Crippen molar-refractivity contribution in [2.24, 2.45) is 0 Å². The molecule has 19 heavy (non-hydrogen) atoms. The second kappa shape index (κ2) is 5.49. The van der Waals surface area contributed by atoms with Crippen LogP contribution in [0.1, 0.15) is 11.3 Å². The maximum atomic E-state index is 10.8. The van der Waals surface area contributed by atoms with Gasteiger partial charge in [-0.1, -0.05) is 0 Å². The molecule has 1 N–H and O–H groups in total. The summed E-state index contributed by atoms with van der Waals surface area (Å²) in [6, 6.07) is 4.43. The van der Waals surface area contributed by atoms with Crippen molar-refractivity contribution < 1.29 is 14.8 Å². The van der Waals surface area contributed by atoms with Crippen molar-refractivity contribution in [3.8, 4) is 5.75 Å². The van der Waals surface area contributed by atoms with Crippen molar-refractivity contribution in [2.75, 3.05) is 7.11 Å². The third-order valence-electron chi connectivity index (χ3n) is 2.68. The molecule has 100 valence electrons. The Morgan fingerprint density at radius 1 is 1.53 bits per heavy atom. The Balaban J connectivity index is 2.31. The molecule has 0 aliphatic rings. The quantitative estimate of drug-likeness (QED) is 0.649. The molecule has 2 aromatic rings. The third-order valence-corrected chi connectivity index (χ3v) is 2.68. The van der Waals surface area contributed by atoms with E-state index in [1.807, 2.05) is 0 Å². The second-order valence-corrected chi connectivity index (χ2v) is 3.95. The Labute approximate surface area is 109 Å². The summed E-state index contributed by atoms with van der Waals surface area (Å²) in [5, 5.41) is 19.7. The summed E-state index contributed by atoms with van der Waals surface area (Å²) >= 11 is 0. The molecule has 0 aliphatic heterocycles. The zero-order valence-electron chi connectivity index (χ0n) is 10.3. The fourth-order valence-corrected chi connectivity index (χ4v) is 1.77. The molecule has 1 heterocycles. The van der Waals surface area contributed by atoms with Gasteiger partial charge in [-0.05, 0) is 6.07 Å². The summed E-state index contributed by atoms with van der Waals surface area (Å²) < 4.78 is 6.91. The zero-order chi connectivity index (χ0) is 13.8. The fourth-order valence-electron chi connectivity index (χ4n) is 1.77. The Kier molecular flexibility index (Phi) is 3.76. The molecule has 1 aromatic heterocycles. The monoisotopic (exact) mass is 263 g/mol. The molecular weight excluding hydrogens is 250 g/mol. The normalized spacial score (nSPS) is 10.4. The highest BCUT2D eigenvalue weighted by molar-refractivity contribution is 5.43. The van der Waals surface area contributed by atoms with E-state index in [-0.39, 0.29) is 12.3 Å². The summed E-state index contributed by atoms with van der Waals surface area (Å²) in [5.41, 5.74) is 1.24. The van der Waals surface area contributed by atoms with Crippen molar-refractivity contribution >= 4 is 5.69 Å². The SMILES string of the molecule is COc1ccc([N+](=O)[O-])cc1Cn1cnc(CO)c1. The largest absolute Gasteiger partial charge is 0.496 e. The number of rotatable bonds is 5. The maximum Gasteiger partial charge on any atom is 0.270 e. The van der Waals surface area contributed by atoms with E-state index in [0.717, 1.165) is 0 Å². The van der Waals surface area contributed by atoms with E-state index >= 15 is 0 Å². The van der Waals surface area contributed by atoms with Crippen molar-refractivity contribution in [3.63, 3.8) is 0 Å². The number of nitrogens with zero attached hydrogens (tertiary/aromatic N) is 3. The van der Waals surface area contributed by atoms with Crippen LogP contribution >= 0.6 is 0 Å². The number of aliphatic hydroxyl groups excluding tert-OH is 1. The number of nitro benzene ring substituents is 1. The van der Waals surface area contributed by atoms with Crippen LogP contribution in [0.3, 0.4) is 0 Å². The molecule has 0 bridgehead atoms. The van der Waals surface area contributed by atoms with Crippen LogP contribution in [-0.4, -0.2) is 26.7 Å². The molecule has 0 fully saturated rings. The number of methoxy groups -OCH3 is 1. The molecule has 0 spiro atoms. The average Bonchev–Trinajstić information content (AvgIpc) is 2.86. The van der Waals surface area contributed by atoms with Gasteiger partial charge in [0.15, 0.2) is 0 Å². The second-order valence-electron chi connectivity index (χ2n) is 3.95. The van der Waals surface area contributed by atoms with E-state index < -0.39 is 4.92 Å². The Hall–Kier alpha value is -2.41. The topological polar surface area (TPSA) is 90.4 Å². The van der Waals surface area contributed by atoms with Gasteiger partial charge in [-0.25, -0.2) is 4.98 Å². The first-order valence-electron chi connectivity index (χ1n) is 5.57. The number of nitro groups is 1. The number of benzene rings is 1. The van der Waals surface area contributed by atoms with E-state index in [0.29, 0.717) is 23.6 Å². The molecule has 7 nitrogen and oxygen atoms in total. The van der Waals surface area contributed by atoms with Crippen molar-refractivity contribution in [2.45, 2.75) is 13.2 Å². The minimum Gasteiger partial charge on any atom is -0.496 e. The highest BCUT2D eigenvalue weighted by Crippen LogP contribution is 2.24. The summed E-state index contributed by atoms with van der Waals surface area (Å²) in [6.07, 6.45) is 3.24. The number of hydrogen-bond acceptors (Lipinski definition) is 5. The van der Waals surface area contributed by atoms with Crippen LogP contribution in [0.25, 0.3) is 0 Å². The van der Waals surface area contributed by atoms with Crippen molar-refractivity contribution in [1.29, 1.82) is 0 Å². The van der Waals surface area contributed by atoms with E-state index in [4.69, 9.17) is 9.84 Å². The van der Waals surface area contributed by atoms with Gasteiger partial charge in [-0.2, -0.15) is 0 Å². The number of hydrogen-bond donors (Lipinski definition) is 1. The van der Waals surface area contributed by atoms with Gasteiger partial charge in [0.1, 0.15) is 5.75 Å². The molecule has 1 aromatic carbocycles. The van der Waals surface area contributed by atoms with Crippen molar-refractivity contribution in [1.82, 2.24) is 9.55 Å². The zero-order valence-corrected chi connectivity index (χ0v) is 10.3. The summed E-state index contributed by atoms with van der Waals surface area (Å²) in [4.78, 5) is 14.3. The van der Waals surface area contributed by atoms with Crippen molar-refractivity contribution in [3.05, 3.63) is 52.1 Å². The lowest BCUT2D eigenvalue weighted by Crippen LogP contribution is -2.01. The lowest BCUT2D eigenvalue weighted by atomic mass is 10.1. The molecule has 7 heteroatoms. The molecule has 0 unspecified atom stereocenters. The van der Waals surface area contributed by atoms with Gasteiger partial charge in [-0.15, -0.1) is 0 Å². The first-order valence-corrected chi connectivity index (χ1v) is 5.57. The number of ether oxygens (including phenoxy) is 1. The average molecular weight is 263 g/mol. The number of non-ortho nitro benzene ring substituents is 1. The van der Waals surface area contributed by atoms with Gasteiger partial charge >= 0.3 is 0 Å². The molecule has 0 aliphatic carbocycles. The third kappa shape index (κ3) is 2.89. The lowest BCUT2D eigenvalue weighted by Gasteiger charge is -2.08. The van der Waals surface area contributed by atoms with Gasteiger partial charge in [-0.3, -0.25) is 10.1 Å². The molecule has 0 saturated heterocycles. The van der Waals surface area contributed by atoms with Gasteiger partial charge in [0.25, 0.3) is 5.69 Å². The number of aliphatic hydroxyl groups is 1. The van der Waals surface area contributed by atoms with Crippen LogP contribution in [-0.2, 0) is 13.2 Å². The van der Waals surface area contributed by atoms with E-state index in [1.54, 1.807) is 23.2 Å². The summed E-state index contributed by atoms with van der Waals surface area (Å²) in [7, 11) is 1.51. The lowest BCUT2D eigenvalue weighted by molar-refractivity contribution is -0.384. The molecule has 0 atom stereocenters. The smallest absolute Gasteiger partial charge is 0.270 e. The highest BCUT2D eigenvalue weighted by Gasteiger charge is 2.12. The number of aromatic nitrogens is 2. The van der Waals surface area contributed by atoms with Crippen LogP contribution in [0, 0.1) is 10.1 Å². The van der Waals surface area contributed by atoms with E-state index in [2.05, 4.69) is 4.98 Å². The Morgan fingerprint density at radius 2 is 2.32 bits per heavy atom. The molecule has 0 radical (unpaired) electrons. The predicted octanol–water partition coefficient (Wildman–Crippen LogP) is 1.34. The van der Waals surface area contributed by atoms with Crippen LogP contribution in [0.5, 0.6) is 5.75 Å². The van der Waals surface area contributed by atoms with Crippen LogP contribution in [0.15, 0.2) is 30.7 Å². The molecule has 2 rings (SSSR count). The fraction of sp³-hybridized carbons (Fsp3) is 0.250. The summed E-state index contributed by atoms with van der Waals surface area (Å²) in [6.45, 7) is 0.247. The Bertz CT molecular complexity index is 594. The standard InChI is InChI=1S/C12H13N3O4/c1-19-12-3-2-11(15(17)18)4-9(12)5-14-6-10(7-16)13-8-14/h2-4,6,8,16H,5,7H2,1H3. The van der Waals surface area contributed by atoms with E-state index in [1.165, 1.54) is 19.2 Å². The highest BCUT2D eigenvalue weighted by atomic mass is 16.6. The van der Waals surface area contributed by atoms with E-state index in [9.17, 15) is 10.1 Å². The van der Waals surface area contributed by atoms with Gasteiger partial charge in [0.2, 0.25) is 0 Å². The van der Waals surface area contributed by atoms with Crippen LogP contribution in [0.2, 0.25) is 0 Å². The minimum absolute atomic E-state index is 0.0123. The number of imidazole rings is 1. The Morgan fingerprint density at radius 3 is 2.89 bits per heavy atom. The first kappa shape index (κ1) is 13.0. The van der Waals surface area contributed by atoms with Gasteiger partial charge < -0.3 is 14.4 Å². The first-order chi connectivity index (χ1) is 9.13. The maximum absolute atomic E-state index is 10.8. The van der Waals surface area contributed by atoms with Crippen LogP contribution < -0.4 is 4.74 Å². The molecular formula is C12H13N3O4. The minimum atomic E-state index is -0.448. The summed E-state index contributed by atoms with van der Waals surface area (Å²) in [5.74, 6) is 0.574. The predicted molar refractivity (Wildman–Crippen MR) is 66.9 cm³/mol. The van der Waals surface area contributed by atoms with Gasteiger partial charge in [0.05, 0.1) is 37.2 Å². The molecule has 0 amide bonds.